The fourth-order valence-corrected chi connectivity index (χ4v) is 3.02. The Hall–Kier alpha value is -2.05. The summed E-state index contributed by atoms with van der Waals surface area (Å²) in [5, 5.41) is 4.55. The smallest absolute Gasteiger partial charge is 0.289 e. The Morgan fingerprint density at radius 1 is 1.21 bits per heavy atom. The number of furan rings is 1. The van der Waals surface area contributed by atoms with Gasteiger partial charge in [0, 0.05) is 36.9 Å². The summed E-state index contributed by atoms with van der Waals surface area (Å²) >= 11 is 11.6. The van der Waals surface area contributed by atoms with Crippen molar-refractivity contribution in [3.05, 3.63) is 52.9 Å². The van der Waals surface area contributed by atoms with E-state index in [0.29, 0.717) is 42.1 Å². The number of amides is 1. The fraction of sp³-hybridized carbons (Fsp3) is 0.294. The van der Waals surface area contributed by atoms with Gasteiger partial charge >= 0.3 is 0 Å². The van der Waals surface area contributed by atoms with Crippen molar-refractivity contribution in [1.29, 1.82) is 0 Å². The van der Waals surface area contributed by atoms with Crippen LogP contribution in [0, 0.1) is 6.92 Å². The molecule has 5 nitrogen and oxygen atoms in total. The van der Waals surface area contributed by atoms with Gasteiger partial charge in [-0.3, -0.25) is 4.79 Å². The van der Waals surface area contributed by atoms with Crippen LogP contribution in [0.25, 0.3) is 0 Å². The second-order valence-electron chi connectivity index (χ2n) is 5.65. The Kier molecular flexibility index (Phi) is 5.06. The molecular weight excluding hydrogens is 346 g/mol. The van der Waals surface area contributed by atoms with Gasteiger partial charge in [0.2, 0.25) is 0 Å². The first-order valence-electron chi connectivity index (χ1n) is 7.69. The summed E-state index contributed by atoms with van der Waals surface area (Å²) < 4.78 is 5.17. The third-order valence-corrected chi connectivity index (χ3v) is 4.78. The third kappa shape index (κ3) is 3.71. The fourth-order valence-electron chi connectivity index (χ4n) is 2.54. The molecule has 0 bridgehead atoms. The van der Waals surface area contributed by atoms with Crippen LogP contribution in [0.5, 0.6) is 0 Å². The molecule has 0 saturated carbocycles. The first-order chi connectivity index (χ1) is 11.5. The predicted octanol–water partition coefficient (Wildman–Crippen LogP) is 3.40. The van der Waals surface area contributed by atoms with Gasteiger partial charge < -0.3 is 19.5 Å². The third-order valence-electron chi connectivity index (χ3n) is 4.01. The number of rotatable bonds is 2. The summed E-state index contributed by atoms with van der Waals surface area (Å²) in [4.78, 5) is 16.1. The van der Waals surface area contributed by atoms with Crippen LogP contribution in [-0.2, 0) is 0 Å². The molecule has 1 N–H and O–H groups in total. The van der Waals surface area contributed by atoms with E-state index in [0.717, 1.165) is 11.3 Å². The van der Waals surface area contributed by atoms with Gasteiger partial charge in [0.15, 0.2) is 10.9 Å². The van der Waals surface area contributed by atoms with E-state index in [9.17, 15) is 4.79 Å². The Bertz CT molecular complexity index is 740. The summed E-state index contributed by atoms with van der Waals surface area (Å²) in [6.45, 7) is 4.53. The molecule has 1 fully saturated rings. The van der Waals surface area contributed by atoms with E-state index in [1.165, 1.54) is 6.26 Å². The minimum absolute atomic E-state index is 0.0798. The Morgan fingerprint density at radius 3 is 2.54 bits per heavy atom. The summed E-state index contributed by atoms with van der Waals surface area (Å²) in [5.74, 6) is 0.294. The van der Waals surface area contributed by atoms with Gasteiger partial charge in [0.05, 0.1) is 6.26 Å². The highest BCUT2D eigenvalue weighted by Crippen LogP contribution is 2.20. The van der Waals surface area contributed by atoms with Gasteiger partial charge in [-0.2, -0.15) is 0 Å². The lowest BCUT2D eigenvalue weighted by Gasteiger charge is -2.35. The van der Waals surface area contributed by atoms with Gasteiger partial charge in [0.25, 0.3) is 5.91 Å². The lowest BCUT2D eigenvalue weighted by molar-refractivity contribution is 0.0661. The maximum atomic E-state index is 12.2. The van der Waals surface area contributed by atoms with E-state index in [-0.39, 0.29) is 5.91 Å². The van der Waals surface area contributed by atoms with E-state index in [2.05, 4.69) is 10.2 Å². The number of nitrogens with one attached hydrogen (secondary N) is 1. The Morgan fingerprint density at radius 2 is 1.92 bits per heavy atom. The molecule has 0 unspecified atom stereocenters. The van der Waals surface area contributed by atoms with Gasteiger partial charge in [-0.1, -0.05) is 17.7 Å². The number of aryl methyl sites for hydroxylation is 1. The molecule has 1 aliphatic heterocycles. The number of nitrogens with zero attached hydrogens (tertiary/aromatic N) is 2. The van der Waals surface area contributed by atoms with Crippen LogP contribution in [0.1, 0.15) is 16.1 Å². The molecule has 1 saturated heterocycles. The molecule has 0 radical (unpaired) electrons. The standard InChI is InChI=1S/C17H18ClN3O2S/c1-12-4-5-13(11-14(12)18)19-17(24)21-8-6-20(7-9-21)16(22)15-3-2-10-23-15/h2-5,10-11H,6-9H2,1H3,(H,19,24). The topological polar surface area (TPSA) is 48.7 Å². The Labute approximate surface area is 151 Å². The number of piperazine rings is 1. The minimum atomic E-state index is -0.0798. The molecular formula is C17H18ClN3O2S. The lowest BCUT2D eigenvalue weighted by atomic mass is 10.2. The quantitative estimate of drug-likeness (QED) is 0.829. The van der Waals surface area contributed by atoms with E-state index in [4.69, 9.17) is 28.2 Å². The van der Waals surface area contributed by atoms with Crippen LogP contribution in [0.4, 0.5) is 5.69 Å². The molecule has 1 aliphatic rings. The molecule has 0 spiro atoms. The van der Waals surface area contributed by atoms with E-state index < -0.39 is 0 Å². The number of carbonyl (C=O) groups is 1. The van der Waals surface area contributed by atoms with Gasteiger partial charge in [-0.05, 0) is 49.0 Å². The van der Waals surface area contributed by atoms with Crippen molar-refractivity contribution in [2.45, 2.75) is 6.92 Å². The van der Waals surface area contributed by atoms with Gasteiger partial charge in [-0.15, -0.1) is 0 Å². The van der Waals surface area contributed by atoms with Crippen LogP contribution >= 0.6 is 23.8 Å². The molecule has 1 aromatic carbocycles. The monoisotopic (exact) mass is 363 g/mol. The molecule has 24 heavy (non-hydrogen) atoms. The second kappa shape index (κ2) is 7.23. The minimum Gasteiger partial charge on any atom is -0.459 e. The summed E-state index contributed by atoms with van der Waals surface area (Å²) in [6, 6.07) is 9.16. The summed E-state index contributed by atoms with van der Waals surface area (Å²) in [5.41, 5.74) is 1.89. The zero-order chi connectivity index (χ0) is 17.1. The number of hydrogen-bond donors (Lipinski definition) is 1. The molecule has 0 atom stereocenters. The van der Waals surface area contributed by atoms with Crippen LogP contribution in [-0.4, -0.2) is 47.0 Å². The van der Waals surface area contributed by atoms with E-state index >= 15 is 0 Å². The number of benzene rings is 1. The zero-order valence-corrected chi connectivity index (χ0v) is 14.9. The molecule has 126 valence electrons. The van der Waals surface area contributed by atoms with Crippen molar-refractivity contribution in [3.8, 4) is 0 Å². The second-order valence-corrected chi connectivity index (χ2v) is 6.44. The van der Waals surface area contributed by atoms with Gasteiger partial charge in [0.1, 0.15) is 0 Å². The highest BCUT2D eigenvalue weighted by Gasteiger charge is 2.24. The number of thiocarbonyl (C=S) groups is 1. The number of hydrogen-bond acceptors (Lipinski definition) is 3. The molecule has 1 amide bonds. The van der Waals surface area contributed by atoms with Crippen molar-refractivity contribution in [2.75, 3.05) is 31.5 Å². The van der Waals surface area contributed by atoms with Crippen LogP contribution in [0.2, 0.25) is 5.02 Å². The molecule has 7 heteroatoms. The lowest BCUT2D eigenvalue weighted by Crippen LogP contribution is -2.51. The maximum Gasteiger partial charge on any atom is 0.289 e. The highest BCUT2D eigenvalue weighted by atomic mass is 35.5. The van der Waals surface area contributed by atoms with Crippen LogP contribution < -0.4 is 5.32 Å². The predicted molar refractivity (Wildman–Crippen MR) is 98.6 cm³/mol. The van der Waals surface area contributed by atoms with Crippen molar-refractivity contribution in [2.24, 2.45) is 0 Å². The molecule has 3 rings (SSSR count). The van der Waals surface area contributed by atoms with Crippen LogP contribution in [0.3, 0.4) is 0 Å². The van der Waals surface area contributed by atoms with Crippen molar-refractivity contribution in [1.82, 2.24) is 9.80 Å². The number of anilines is 1. The SMILES string of the molecule is Cc1ccc(NC(=S)N2CCN(C(=O)c3ccco3)CC2)cc1Cl. The molecule has 0 aliphatic carbocycles. The molecule has 2 aromatic rings. The first-order valence-corrected chi connectivity index (χ1v) is 8.48. The average molecular weight is 364 g/mol. The highest BCUT2D eigenvalue weighted by molar-refractivity contribution is 7.80. The summed E-state index contributed by atoms with van der Waals surface area (Å²) in [6.07, 6.45) is 1.51. The Balaban J connectivity index is 1.55. The normalized spacial score (nSPS) is 14.6. The van der Waals surface area contributed by atoms with Crippen molar-refractivity contribution < 1.29 is 9.21 Å². The van der Waals surface area contributed by atoms with Gasteiger partial charge in [-0.25, -0.2) is 0 Å². The van der Waals surface area contributed by atoms with E-state index in [1.807, 2.05) is 25.1 Å². The number of halogens is 1. The molecule has 2 heterocycles. The average Bonchev–Trinajstić information content (AvgIpc) is 3.12. The van der Waals surface area contributed by atoms with Crippen LogP contribution in [0.15, 0.2) is 41.0 Å². The largest absolute Gasteiger partial charge is 0.459 e. The first kappa shape index (κ1) is 16.8. The zero-order valence-electron chi connectivity index (χ0n) is 13.3. The maximum absolute atomic E-state index is 12.2. The molecule has 1 aromatic heterocycles. The summed E-state index contributed by atoms with van der Waals surface area (Å²) in [7, 11) is 0. The van der Waals surface area contributed by atoms with E-state index in [1.54, 1.807) is 17.0 Å². The van der Waals surface area contributed by atoms with Crippen molar-refractivity contribution in [3.63, 3.8) is 0 Å². The van der Waals surface area contributed by atoms with Crippen molar-refractivity contribution >= 4 is 40.5 Å². The number of carbonyl (C=O) groups excluding carboxylic acids is 1.